The van der Waals surface area contributed by atoms with Gasteiger partial charge in [0.25, 0.3) is 10.0 Å². The van der Waals surface area contributed by atoms with Crippen LogP contribution in [0.5, 0.6) is 11.5 Å². The monoisotopic (exact) mass is 416 g/mol. The predicted octanol–water partition coefficient (Wildman–Crippen LogP) is 3.28. The quantitative estimate of drug-likeness (QED) is 0.671. The Morgan fingerprint density at radius 1 is 1.22 bits per heavy atom. The fourth-order valence-electron chi connectivity index (χ4n) is 2.66. The normalized spacial score (nSPS) is 11.2. The second-order valence-corrected chi connectivity index (χ2v) is 7.62. The number of aromatic nitrogens is 1. The number of sulfonamides is 1. The molecule has 0 fully saturated rings. The molecule has 0 amide bonds. The number of aryl methyl sites for hydroxylation is 1. The summed E-state index contributed by atoms with van der Waals surface area (Å²) in [6.45, 7) is 4.92. The van der Waals surface area contributed by atoms with E-state index in [4.69, 9.17) is 25.8 Å². The van der Waals surface area contributed by atoms with Crippen molar-refractivity contribution in [1.29, 1.82) is 0 Å². The second-order valence-electron chi connectivity index (χ2n) is 5.59. The van der Waals surface area contributed by atoms with Crippen LogP contribution in [0.15, 0.2) is 17.0 Å². The van der Waals surface area contributed by atoms with E-state index in [1.165, 1.54) is 33.3 Å². The zero-order valence-corrected chi connectivity index (χ0v) is 17.2. The number of H-pyrrole nitrogens is 1. The first-order chi connectivity index (χ1) is 12.7. The lowest BCUT2D eigenvalue weighted by Crippen LogP contribution is -2.16. The molecule has 0 saturated carbocycles. The van der Waals surface area contributed by atoms with E-state index < -0.39 is 16.0 Å². The van der Waals surface area contributed by atoms with Crippen LogP contribution in [0.1, 0.15) is 28.7 Å². The van der Waals surface area contributed by atoms with Crippen molar-refractivity contribution >= 4 is 33.3 Å². The lowest BCUT2D eigenvalue weighted by atomic mass is 10.2. The van der Waals surface area contributed by atoms with E-state index in [9.17, 15) is 13.2 Å². The van der Waals surface area contributed by atoms with Gasteiger partial charge in [-0.1, -0.05) is 11.6 Å². The van der Waals surface area contributed by atoms with Crippen LogP contribution in [0.4, 0.5) is 5.69 Å². The number of carbonyl (C=O) groups excluding carboxylic acids is 1. The summed E-state index contributed by atoms with van der Waals surface area (Å²) in [7, 11) is -1.23. The van der Waals surface area contributed by atoms with Gasteiger partial charge in [0.05, 0.1) is 25.8 Å². The third-order valence-corrected chi connectivity index (χ3v) is 5.76. The number of halogens is 1. The van der Waals surface area contributed by atoms with Crippen LogP contribution in [-0.2, 0) is 14.8 Å². The lowest BCUT2D eigenvalue weighted by Gasteiger charge is -2.15. The van der Waals surface area contributed by atoms with Crippen LogP contribution in [0.2, 0.25) is 5.02 Å². The SMILES string of the molecule is CCOC(=O)c1[nH]c(C)c(S(=O)(=O)Nc2c(Cl)cc(OC)cc2OC)c1C. The van der Waals surface area contributed by atoms with Crippen molar-refractivity contribution in [2.75, 3.05) is 25.5 Å². The molecule has 148 valence electrons. The van der Waals surface area contributed by atoms with Gasteiger partial charge in [-0.25, -0.2) is 13.2 Å². The number of nitrogens with one attached hydrogen (secondary N) is 2. The highest BCUT2D eigenvalue weighted by atomic mass is 35.5. The van der Waals surface area contributed by atoms with Gasteiger partial charge in [0.15, 0.2) is 0 Å². The number of ether oxygens (including phenoxy) is 3. The Morgan fingerprint density at radius 2 is 1.89 bits per heavy atom. The Hall–Kier alpha value is -2.39. The molecule has 8 nitrogen and oxygen atoms in total. The van der Waals surface area contributed by atoms with Crippen LogP contribution < -0.4 is 14.2 Å². The number of rotatable bonds is 7. The number of benzene rings is 1. The summed E-state index contributed by atoms with van der Waals surface area (Å²) in [6, 6.07) is 2.97. The Morgan fingerprint density at radius 3 is 2.44 bits per heavy atom. The first-order valence-electron chi connectivity index (χ1n) is 7.96. The first-order valence-corrected chi connectivity index (χ1v) is 9.83. The molecule has 0 bridgehead atoms. The van der Waals surface area contributed by atoms with E-state index in [0.717, 1.165) is 0 Å². The van der Waals surface area contributed by atoms with Crippen molar-refractivity contribution < 1.29 is 27.4 Å². The molecule has 2 rings (SSSR count). The Bertz CT molecular complexity index is 968. The summed E-state index contributed by atoms with van der Waals surface area (Å²) in [4.78, 5) is 14.7. The molecule has 2 N–H and O–H groups in total. The van der Waals surface area contributed by atoms with E-state index in [1.807, 2.05) is 0 Å². The number of esters is 1. The van der Waals surface area contributed by atoms with Gasteiger partial charge in [0.1, 0.15) is 27.8 Å². The van der Waals surface area contributed by atoms with E-state index in [-0.39, 0.29) is 39.2 Å². The van der Waals surface area contributed by atoms with Crippen molar-refractivity contribution in [3.8, 4) is 11.5 Å². The van der Waals surface area contributed by atoms with Gasteiger partial charge >= 0.3 is 5.97 Å². The summed E-state index contributed by atoms with van der Waals surface area (Å²) in [6.07, 6.45) is 0. The highest BCUT2D eigenvalue weighted by Crippen LogP contribution is 2.38. The van der Waals surface area contributed by atoms with Crippen LogP contribution in [0.3, 0.4) is 0 Å². The molecular formula is C17H21ClN2O6S. The van der Waals surface area contributed by atoms with Crippen molar-refractivity contribution in [1.82, 2.24) is 4.98 Å². The fourth-order valence-corrected chi connectivity index (χ4v) is 4.51. The third-order valence-electron chi connectivity index (χ3n) is 3.84. The molecule has 0 aliphatic carbocycles. The van der Waals surface area contributed by atoms with Gasteiger partial charge in [0.2, 0.25) is 0 Å². The fraction of sp³-hybridized carbons (Fsp3) is 0.353. The molecule has 0 saturated heterocycles. The standard InChI is InChI=1S/C17H21ClN2O6S/c1-6-26-17(21)14-9(2)16(10(3)19-14)27(22,23)20-15-12(18)7-11(24-4)8-13(15)25-5/h7-8,19-20H,6H2,1-5H3. The summed E-state index contributed by atoms with van der Waals surface area (Å²) in [5, 5.41) is 0.103. The van der Waals surface area contributed by atoms with Crippen molar-refractivity contribution in [2.24, 2.45) is 0 Å². The highest BCUT2D eigenvalue weighted by molar-refractivity contribution is 7.92. The molecule has 10 heteroatoms. The maximum absolute atomic E-state index is 13.0. The summed E-state index contributed by atoms with van der Waals surface area (Å²) >= 11 is 6.19. The molecule has 0 radical (unpaired) electrons. The average molecular weight is 417 g/mol. The van der Waals surface area contributed by atoms with E-state index in [2.05, 4.69) is 9.71 Å². The van der Waals surface area contributed by atoms with Crippen molar-refractivity contribution in [3.63, 3.8) is 0 Å². The van der Waals surface area contributed by atoms with Gasteiger partial charge in [-0.3, -0.25) is 4.72 Å². The molecular weight excluding hydrogens is 396 g/mol. The number of methoxy groups -OCH3 is 2. The number of carbonyl (C=O) groups is 1. The van der Waals surface area contributed by atoms with Gasteiger partial charge in [-0.2, -0.15) is 0 Å². The van der Waals surface area contributed by atoms with Crippen LogP contribution >= 0.6 is 11.6 Å². The van der Waals surface area contributed by atoms with Crippen LogP contribution in [-0.4, -0.2) is 40.2 Å². The van der Waals surface area contributed by atoms with E-state index in [0.29, 0.717) is 11.4 Å². The number of hydrogen-bond donors (Lipinski definition) is 2. The molecule has 0 unspecified atom stereocenters. The number of aromatic amines is 1. The predicted molar refractivity (Wildman–Crippen MR) is 102 cm³/mol. The Labute approximate surface area is 162 Å². The molecule has 1 aromatic heterocycles. The molecule has 1 aromatic carbocycles. The highest BCUT2D eigenvalue weighted by Gasteiger charge is 2.28. The minimum atomic E-state index is -4.07. The summed E-state index contributed by atoms with van der Waals surface area (Å²) in [5.41, 5.74) is 0.703. The topological polar surface area (TPSA) is 107 Å². The van der Waals surface area contributed by atoms with E-state index >= 15 is 0 Å². The van der Waals surface area contributed by atoms with Gasteiger partial charge in [-0.15, -0.1) is 0 Å². The molecule has 1 heterocycles. The second kappa shape index (κ2) is 8.10. The number of anilines is 1. The molecule has 27 heavy (non-hydrogen) atoms. The minimum Gasteiger partial charge on any atom is -0.497 e. The zero-order valence-electron chi connectivity index (χ0n) is 15.6. The maximum atomic E-state index is 13.0. The van der Waals surface area contributed by atoms with Gasteiger partial charge in [-0.05, 0) is 20.8 Å². The molecule has 0 atom stereocenters. The Balaban J connectivity index is 2.51. The molecule has 2 aromatic rings. The summed E-state index contributed by atoms with van der Waals surface area (Å²) < 4.78 is 43.7. The van der Waals surface area contributed by atoms with Crippen molar-refractivity contribution in [3.05, 3.63) is 34.1 Å². The average Bonchev–Trinajstić information content (AvgIpc) is 2.91. The Kier molecular flexibility index (Phi) is 6.27. The largest absolute Gasteiger partial charge is 0.497 e. The van der Waals surface area contributed by atoms with Gasteiger partial charge < -0.3 is 19.2 Å². The summed E-state index contributed by atoms with van der Waals surface area (Å²) in [5.74, 6) is -0.0163. The molecule has 0 aliphatic heterocycles. The van der Waals surface area contributed by atoms with Gasteiger partial charge in [0, 0.05) is 23.4 Å². The maximum Gasteiger partial charge on any atom is 0.355 e. The number of hydrogen-bond acceptors (Lipinski definition) is 6. The van der Waals surface area contributed by atoms with Crippen LogP contribution in [0, 0.1) is 13.8 Å². The minimum absolute atomic E-state index is 0.0560. The molecule has 0 spiro atoms. The zero-order chi connectivity index (χ0) is 20.4. The lowest BCUT2D eigenvalue weighted by molar-refractivity contribution is 0.0519. The van der Waals surface area contributed by atoms with Crippen molar-refractivity contribution in [2.45, 2.75) is 25.7 Å². The third kappa shape index (κ3) is 4.14. The first kappa shape index (κ1) is 20.9. The van der Waals surface area contributed by atoms with E-state index in [1.54, 1.807) is 13.8 Å². The van der Waals surface area contributed by atoms with Crippen LogP contribution in [0.25, 0.3) is 0 Å². The molecule has 0 aliphatic rings. The smallest absolute Gasteiger partial charge is 0.355 e.